The van der Waals surface area contributed by atoms with Crippen LogP contribution in [0.5, 0.6) is 0 Å². The van der Waals surface area contributed by atoms with Crippen molar-refractivity contribution in [1.29, 1.82) is 0 Å². The van der Waals surface area contributed by atoms with E-state index < -0.39 is 11.7 Å². The molecular formula is C17H14F2N2OS. The van der Waals surface area contributed by atoms with E-state index in [4.69, 9.17) is 0 Å². The molecule has 1 heterocycles. The minimum absolute atomic E-state index is 0.172. The van der Waals surface area contributed by atoms with Crippen molar-refractivity contribution < 1.29 is 13.6 Å². The van der Waals surface area contributed by atoms with Crippen molar-refractivity contribution in [2.24, 2.45) is 4.99 Å². The summed E-state index contributed by atoms with van der Waals surface area (Å²) in [7, 11) is 0. The maximum absolute atomic E-state index is 14.1. The van der Waals surface area contributed by atoms with Crippen molar-refractivity contribution in [3.8, 4) is 0 Å². The zero-order valence-electron chi connectivity index (χ0n) is 12.4. The Bertz CT molecular complexity index is 943. The first-order valence-electron chi connectivity index (χ1n) is 7.22. The number of nitrogens with zero attached hydrogens (tertiary/aromatic N) is 2. The standard InChI is InChI=1S/C17H14F2N2OS/c1-2-9-21-15-13(19)7-4-8-14(15)23-17(21)20-16(22)11-5-3-6-12(18)10-11/h3-8,10H,2,9H2,1H3. The number of aromatic nitrogens is 1. The van der Waals surface area contributed by atoms with Gasteiger partial charge in [0.1, 0.15) is 11.6 Å². The zero-order valence-corrected chi connectivity index (χ0v) is 13.2. The number of aryl methyl sites for hydroxylation is 1. The number of carbonyl (C=O) groups is 1. The van der Waals surface area contributed by atoms with Gasteiger partial charge in [-0.1, -0.05) is 30.4 Å². The van der Waals surface area contributed by atoms with Crippen LogP contribution < -0.4 is 4.80 Å². The highest BCUT2D eigenvalue weighted by Crippen LogP contribution is 2.20. The lowest BCUT2D eigenvalue weighted by atomic mass is 10.2. The first-order chi connectivity index (χ1) is 11.1. The third kappa shape index (κ3) is 3.07. The van der Waals surface area contributed by atoms with Crippen molar-refractivity contribution in [3.05, 3.63) is 64.5 Å². The number of hydrogen-bond acceptors (Lipinski definition) is 2. The van der Waals surface area contributed by atoms with Gasteiger partial charge in [-0.2, -0.15) is 4.99 Å². The molecule has 2 aromatic carbocycles. The van der Waals surface area contributed by atoms with E-state index in [1.807, 2.05) is 6.92 Å². The summed E-state index contributed by atoms with van der Waals surface area (Å²) in [6, 6.07) is 10.2. The average molecular weight is 332 g/mol. The molecule has 3 nitrogen and oxygen atoms in total. The number of carbonyl (C=O) groups excluding carboxylic acids is 1. The number of para-hydroxylation sites is 1. The fourth-order valence-corrected chi connectivity index (χ4v) is 3.45. The van der Waals surface area contributed by atoms with Gasteiger partial charge in [0.25, 0.3) is 5.91 Å². The van der Waals surface area contributed by atoms with E-state index in [1.165, 1.54) is 35.6 Å². The van der Waals surface area contributed by atoms with Gasteiger partial charge in [-0.3, -0.25) is 4.79 Å². The molecule has 0 aliphatic rings. The molecule has 0 aliphatic heterocycles. The van der Waals surface area contributed by atoms with Gasteiger partial charge in [0, 0.05) is 12.1 Å². The van der Waals surface area contributed by atoms with Crippen LogP contribution in [0.1, 0.15) is 23.7 Å². The Hall–Kier alpha value is -2.34. The monoisotopic (exact) mass is 332 g/mol. The predicted octanol–water partition coefficient (Wildman–Crippen LogP) is 4.13. The summed E-state index contributed by atoms with van der Waals surface area (Å²) in [5.74, 6) is -1.37. The summed E-state index contributed by atoms with van der Waals surface area (Å²) in [6.45, 7) is 2.52. The van der Waals surface area contributed by atoms with Crippen LogP contribution in [-0.4, -0.2) is 10.5 Å². The Morgan fingerprint density at radius 2 is 2.00 bits per heavy atom. The van der Waals surface area contributed by atoms with Gasteiger partial charge in [0.05, 0.1) is 10.2 Å². The van der Waals surface area contributed by atoms with E-state index in [0.717, 1.165) is 17.2 Å². The van der Waals surface area contributed by atoms with Crippen molar-refractivity contribution in [1.82, 2.24) is 4.57 Å². The van der Waals surface area contributed by atoms with Gasteiger partial charge < -0.3 is 4.57 Å². The molecule has 0 fully saturated rings. The third-order valence-corrected chi connectivity index (χ3v) is 4.41. The molecule has 0 aliphatic carbocycles. The number of fused-ring (bicyclic) bond motifs is 1. The SMILES string of the molecule is CCCn1c(=NC(=O)c2cccc(F)c2)sc2cccc(F)c21. The van der Waals surface area contributed by atoms with Gasteiger partial charge in [-0.25, -0.2) is 8.78 Å². The normalized spacial score (nSPS) is 12.0. The van der Waals surface area contributed by atoms with E-state index in [1.54, 1.807) is 16.7 Å². The molecular weight excluding hydrogens is 318 g/mol. The van der Waals surface area contributed by atoms with Crippen LogP contribution in [0.3, 0.4) is 0 Å². The van der Waals surface area contributed by atoms with Crippen LogP contribution in [0.4, 0.5) is 8.78 Å². The fourth-order valence-electron chi connectivity index (χ4n) is 2.38. The number of benzene rings is 2. The molecule has 0 saturated heterocycles. The third-order valence-electron chi connectivity index (χ3n) is 3.37. The molecule has 6 heteroatoms. The van der Waals surface area contributed by atoms with E-state index in [9.17, 15) is 13.6 Å². The van der Waals surface area contributed by atoms with Gasteiger partial charge in [0.15, 0.2) is 4.80 Å². The summed E-state index contributed by atoms with van der Waals surface area (Å²) >= 11 is 1.25. The molecule has 0 spiro atoms. The predicted molar refractivity (Wildman–Crippen MR) is 86.4 cm³/mol. The lowest BCUT2D eigenvalue weighted by Gasteiger charge is -2.03. The molecule has 0 N–H and O–H groups in total. The van der Waals surface area contributed by atoms with Crippen molar-refractivity contribution in [2.75, 3.05) is 0 Å². The first kappa shape index (κ1) is 15.6. The van der Waals surface area contributed by atoms with Crippen LogP contribution in [0.25, 0.3) is 10.2 Å². The molecule has 118 valence electrons. The molecule has 0 bridgehead atoms. The summed E-state index contributed by atoms with van der Waals surface area (Å²) in [6.07, 6.45) is 0.779. The topological polar surface area (TPSA) is 34.4 Å². The molecule has 0 atom stereocenters. The van der Waals surface area contributed by atoms with Crippen molar-refractivity contribution >= 4 is 27.5 Å². The molecule has 0 saturated carbocycles. The minimum atomic E-state index is -0.540. The second-order valence-electron chi connectivity index (χ2n) is 5.05. The Morgan fingerprint density at radius 1 is 1.22 bits per heavy atom. The molecule has 3 rings (SSSR count). The van der Waals surface area contributed by atoms with Crippen LogP contribution >= 0.6 is 11.3 Å². The lowest BCUT2D eigenvalue weighted by Crippen LogP contribution is -2.17. The highest BCUT2D eigenvalue weighted by atomic mass is 32.1. The smallest absolute Gasteiger partial charge is 0.279 e. The summed E-state index contributed by atoms with van der Waals surface area (Å²) < 4.78 is 29.8. The lowest BCUT2D eigenvalue weighted by molar-refractivity contribution is 0.0997. The summed E-state index contributed by atoms with van der Waals surface area (Å²) in [4.78, 5) is 16.7. The highest BCUT2D eigenvalue weighted by Gasteiger charge is 2.12. The van der Waals surface area contributed by atoms with Crippen LogP contribution in [0.15, 0.2) is 47.5 Å². The van der Waals surface area contributed by atoms with Crippen molar-refractivity contribution in [3.63, 3.8) is 0 Å². The Kier molecular flexibility index (Phi) is 4.34. The number of rotatable bonds is 3. The van der Waals surface area contributed by atoms with Crippen LogP contribution in [0, 0.1) is 11.6 Å². The van der Waals surface area contributed by atoms with Gasteiger partial charge in [-0.15, -0.1) is 0 Å². The number of amides is 1. The van der Waals surface area contributed by atoms with Crippen LogP contribution in [0.2, 0.25) is 0 Å². The molecule has 1 amide bonds. The largest absolute Gasteiger partial charge is 0.314 e. The molecule has 0 unspecified atom stereocenters. The molecule has 0 radical (unpaired) electrons. The van der Waals surface area contributed by atoms with Crippen molar-refractivity contribution in [2.45, 2.75) is 19.9 Å². The second kappa shape index (κ2) is 6.42. The number of hydrogen-bond donors (Lipinski definition) is 0. The van der Waals surface area contributed by atoms with Gasteiger partial charge in [-0.05, 0) is 36.8 Å². The molecule has 23 heavy (non-hydrogen) atoms. The number of thiazole rings is 1. The Balaban J connectivity index is 2.17. The van der Waals surface area contributed by atoms with E-state index >= 15 is 0 Å². The summed E-state index contributed by atoms with van der Waals surface area (Å²) in [5, 5.41) is 0. The average Bonchev–Trinajstić information content (AvgIpc) is 2.86. The molecule has 1 aromatic heterocycles. The molecule has 3 aromatic rings. The highest BCUT2D eigenvalue weighted by molar-refractivity contribution is 7.16. The quantitative estimate of drug-likeness (QED) is 0.710. The first-order valence-corrected chi connectivity index (χ1v) is 8.04. The van der Waals surface area contributed by atoms with E-state index in [0.29, 0.717) is 16.9 Å². The maximum atomic E-state index is 14.1. The second-order valence-corrected chi connectivity index (χ2v) is 6.06. The zero-order chi connectivity index (χ0) is 16.4. The Labute approximate surface area is 135 Å². The number of halogens is 2. The van der Waals surface area contributed by atoms with E-state index in [-0.39, 0.29) is 11.4 Å². The van der Waals surface area contributed by atoms with Gasteiger partial charge in [0.2, 0.25) is 0 Å². The van der Waals surface area contributed by atoms with Crippen LogP contribution in [-0.2, 0) is 6.54 Å². The maximum Gasteiger partial charge on any atom is 0.279 e. The fraction of sp³-hybridized carbons (Fsp3) is 0.176. The Morgan fingerprint density at radius 3 is 2.74 bits per heavy atom. The van der Waals surface area contributed by atoms with E-state index in [2.05, 4.69) is 4.99 Å². The minimum Gasteiger partial charge on any atom is -0.314 e. The summed E-state index contributed by atoms with van der Waals surface area (Å²) in [5.41, 5.74) is 0.621. The van der Waals surface area contributed by atoms with Gasteiger partial charge >= 0.3 is 0 Å².